The molecule has 13 heavy (non-hydrogen) atoms. The van der Waals surface area contributed by atoms with Gasteiger partial charge in [-0.15, -0.1) is 0 Å². The Kier molecular flexibility index (Phi) is 4.83. The lowest BCUT2D eigenvalue weighted by atomic mass is 9.70. The highest BCUT2D eigenvalue weighted by atomic mass is 14.3. The van der Waals surface area contributed by atoms with E-state index < -0.39 is 0 Å². The summed E-state index contributed by atoms with van der Waals surface area (Å²) in [5, 5.41) is 0. The third-order valence-electron chi connectivity index (χ3n) is 3.96. The van der Waals surface area contributed by atoms with Gasteiger partial charge in [-0.1, -0.05) is 65.7 Å². The fraction of sp³-hybridized carbons (Fsp3) is 1.00. The van der Waals surface area contributed by atoms with Crippen LogP contribution in [-0.4, -0.2) is 0 Å². The minimum Gasteiger partial charge on any atom is -0.0654 e. The second-order valence-corrected chi connectivity index (χ2v) is 4.89. The summed E-state index contributed by atoms with van der Waals surface area (Å²) in [6.45, 7) is 7.16. The van der Waals surface area contributed by atoms with Crippen LogP contribution in [0.15, 0.2) is 0 Å². The smallest absolute Gasteiger partial charge is 0.0386 e. The summed E-state index contributed by atoms with van der Waals surface area (Å²) in [6.07, 6.45) is 10.2. The van der Waals surface area contributed by atoms with Crippen molar-refractivity contribution in [1.29, 1.82) is 0 Å². The molecule has 0 saturated heterocycles. The van der Waals surface area contributed by atoms with Crippen molar-refractivity contribution in [3.05, 3.63) is 0 Å². The number of hydrogen-bond donors (Lipinski definition) is 0. The highest BCUT2D eigenvalue weighted by Gasteiger charge is 2.28. The SMILES string of the molecule is CCCC1CCCC(CCC)C1C. The summed E-state index contributed by atoms with van der Waals surface area (Å²) in [5.41, 5.74) is 0. The molecule has 2 atom stereocenters. The quantitative estimate of drug-likeness (QED) is 0.594. The van der Waals surface area contributed by atoms with Crippen molar-refractivity contribution in [3.63, 3.8) is 0 Å². The maximum Gasteiger partial charge on any atom is -0.0386 e. The van der Waals surface area contributed by atoms with Gasteiger partial charge in [-0.05, 0) is 17.8 Å². The van der Waals surface area contributed by atoms with E-state index in [1.54, 1.807) is 0 Å². The van der Waals surface area contributed by atoms with Crippen LogP contribution in [-0.2, 0) is 0 Å². The first-order valence-electron chi connectivity index (χ1n) is 6.29. The first kappa shape index (κ1) is 11.1. The molecule has 0 spiro atoms. The monoisotopic (exact) mass is 182 g/mol. The summed E-state index contributed by atoms with van der Waals surface area (Å²) in [7, 11) is 0. The maximum absolute atomic E-state index is 2.50. The van der Waals surface area contributed by atoms with Crippen molar-refractivity contribution in [3.8, 4) is 0 Å². The molecule has 1 aliphatic carbocycles. The van der Waals surface area contributed by atoms with Crippen molar-refractivity contribution in [2.75, 3.05) is 0 Å². The lowest BCUT2D eigenvalue weighted by molar-refractivity contribution is 0.150. The second-order valence-electron chi connectivity index (χ2n) is 4.89. The first-order chi connectivity index (χ1) is 6.29. The zero-order valence-corrected chi connectivity index (χ0v) is 9.68. The number of rotatable bonds is 4. The van der Waals surface area contributed by atoms with Crippen LogP contribution in [0.4, 0.5) is 0 Å². The highest BCUT2D eigenvalue weighted by molar-refractivity contribution is 4.78. The van der Waals surface area contributed by atoms with Crippen molar-refractivity contribution in [2.24, 2.45) is 17.8 Å². The summed E-state index contributed by atoms with van der Waals surface area (Å²) < 4.78 is 0. The Hall–Kier alpha value is 0. The Morgan fingerprint density at radius 3 is 1.77 bits per heavy atom. The van der Waals surface area contributed by atoms with Crippen LogP contribution < -0.4 is 0 Å². The molecule has 0 bridgehead atoms. The molecule has 0 radical (unpaired) electrons. The summed E-state index contributed by atoms with van der Waals surface area (Å²) in [4.78, 5) is 0. The molecule has 0 N–H and O–H groups in total. The summed E-state index contributed by atoms with van der Waals surface area (Å²) in [5.74, 6) is 3.11. The van der Waals surface area contributed by atoms with E-state index in [4.69, 9.17) is 0 Å². The molecular formula is C13H26. The zero-order valence-electron chi connectivity index (χ0n) is 9.68. The molecule has 0 aromatic heterocycles. The highest BCUT2D eigenvalue weighted by Crippen LogP contribution is 2.39. The van der Waals surface area contributed by atoms with Crippen LogP contribution in [0.2, 0.25) is 0 Å². The molecule has 1 saturated carbocycles. The van der Waals surface area contributed by atoms with E-state index in [1.807, 2.05) is 0 Å². The molecule has 0 aromatic rings. The predicted octanol–water partition coefficient (Wildman–Crippen LogP) is 4.64. The minimum absolute atomic E-state index is 1.01. The third kappa shape index (κ3) is 3.00. The molecule has 0 heteroatoms. The molecule has 2 unspecified atom stereocenters. The van der Waals surface area contributed by atoms with Crippen molar-refractivity contribution in [1.82, 2.24) is 0 Å². The molecule has 1 rings (SSSR count). The fourth-order valence-electron chi connectivity index (χ4n) is 3.11. The zero-order chi connectivity index (χ0) is 9.68. The lowest BCUT2D eigenvalue weighted by Crippen LogP contribution is -2.25. The van der Waals surface area contributed by atoms with Gasteiger partial charge in [0.15, 0.2) is 0 Å². The average molecular weight is 182 g/mol. The van der Waals surface area contributed by atoms with E-state index in [2.05, 4.69) is 20.8 Å². The minimum atomic E-state index is 1.01. The summed E-state index contributed by atoms with van der Waals surface area (Å²) >= 11 is 0. The van der Waals surface area contributed by atoms with Gasteiger partial charge in [0, 0.05) is 0 Å². The molecule has 1 fully saturated rings. The van der Waals surface area contributed by atoms with Crippen molar-refractivity contribution in [2.45, 2.75) is 65.7 Å². The normalized spacial score (nSPS) is 34.8. The van der Waals surface area contributed by atoms with Gasteiger partial charge in [0.25, 0.3) is 0 Å². The predicted molar refractivity (Wildman–Crippen MR) is 59.8 cm³/mol. The van der Waals surface area contributed by atoms with E-state index >= 15 is 0 Å². The van der Waals surface area contributed by atoms with Crippen molar-refractivity contribution >= 4 is 0 Å². The van der Waals surface area contributed by atoms with Gasteiger partial charge in [0.05, 0.1) is 0 Å². The van der Waals surface area contributed by atoms with Crippen LogP contribution >= 0.6 is 0 Å². The van der Waals surface area contributed by atoms with Gasteiger partial charge in [-0.2, -0.15) is 0 Å². The Balaban J connectivity index is 2.40. The second kappa shape index (κ2) is 5.67. The van der Waals surface area contributed by atoms with Crippen LogP contribution in [0.1, 0.15) is 65.7 Å². The third-order valence-corrected chi connectivity index (χ3v) is 3.96. The topological polar surface area (TPSA) is 0 Å². The van der Waals surface area contributed by atoms with Gasteiger partial charge in [-0.25, -0.2) is 0 Å². The molecule has 0 amide bonds. The van der Waals surface area contributed by atoms with E-state index in [0.29, 0.717) is 0 Å². The Bertz CT molecular complexity index is 110. The van der Waals surface area contributed by atoms with E-state index in [-0.39, 0.29) is 0 Å². The van der Waals surface area contributed by atoms with Gasteiger partial charge < -0.3 is 0 Å². The van der Waals surface area contributed by atoms with Gasteiger partial charge in [-0.3, -0.25) is 0 Å². The van der Waals surface area contributed by atoms with Crippen LogP contribution in [0, 0.1) is 17.8 Å². The summed E-state index contributed by atoms with van der Waals surface area (Å²) in [6, 6.07) is 0. The number of hydrogen-bond acceptors (Lipinski definition) is 0. The fourth-order valence-corrected chi connectivity index (χ4v) is 3.11. The van der Waals surface area contributed by atoms with E-state index in [9.17, 15) is 0 Å². The molecular weight excluding hydrogens is 156 g/mol. The molecule has 1 aliphatic rings. The van der Waals surface area contributed by atoms with Gasteiger partial charge in [0.2, 0.25) is 0 Å². The Labute approximate surface area is 84.1 Å². The average Bonchev–Trinajstić information content (AvgIpc) is 2.13. The van der Waals surface area contributed by atoms with Crippen LogP contribution in [0.25, 0.3) is 0 Å². The van der Waals surface area contributed by atoms with Gasteiger partial charge >= 0.3 is 0 Å². The van der Waals surface area contributed by atoms with Crippen LogP contribution in [0.5, 0.6) is 0 Å². The lowest BCUT2D eigenvalue weighted by Gasteiger charge is -2.36. The Morgan fingerprint density at radius 1 is 0.923 bits per heavy atom. The van der Waals surface area contributed by atoms with E-state index in [1.165, 1.54) is 44.9 Å². The van der Waals surface area contributed by atoms with Crippen LogP contribution in [0.3, 0.4) is 0 Å². The molecule has 0 aromatic carbocycles. The molecule has 0 aliphatic heterocycles. The standard InChI is InChI=1S/C13H26/c1-4-7-12-9-6-10-13(8-5-2)11(12)3/h11-13H,4-10H2,1-3H3. The van der Waals surface area contributed by atoms with Gasteiger partial charge in [0.1, 0.15) is 0 Å². The molecule has 0 heterocycles. The first-order valence-corrected chi connectivity index (χ1v) is 6.29. The largest absolute Gasteiger partial charge is 0.0654 e. The molecule has 78 valence electrons. The van der Waals surface area contributed by atoms with Crippen molar-refractivity contribution < 1.29 is 0 Å². The molecule has 0 nitrogen and oxygen atoms in total. The maximum atomic E-state index is 2.50. The Morgan fingerprint density at radius 2 is 1.38 bits per heavy atom. The van der Waals surface area contributed by atoms with E-state index in [0.717, 1.165) is 17.8 Å².